The molecule has 142 valence electrons. The molecule has 0 aromatic heterocycles. The van der Waals surface area contributed by atoms with Gasteiger partial charge in [0.1, 0.15) is 0 Å². The Hall–Kier alpha value is -2.10. The van der Waals surface area contributed by atoms with Crippen molar-refractivity contribution in [2.75, 3.05) is 4.90 Å². The van der Waals surface area contributed by atoms with Crippen LogP contribution in [0.1, 0.15) is 47.0 Å². The Kier molecular flexibility index (Phi) is 9.71. The lowest BCUT2D eigenvalue weighted by Crippen LogP contribution is -2.20. The second-order valence-corrected chi connectivity index (χ2v) is 7.21. The van der Waals surface area contributed by atoms with Crippen LogP contribution >= 0.6 is 0 Å². The average molecular weight is 355 g/mol. The van der Waals surface area contributed by atoms with Gasteiger partial charge in [0, 0.05) is 23.6 Å². The SMILES string of the molecule is C/C=C/N(c1ccccc1)c1ccccc1.CC(N)CCCC(C)(C)O. The van der Waals surface area contributed by atoms with E-state index >= 15 is 0 Å². The van der Waals surface area contributed by atoms with Crippen LogP contribution in [0, 0.1) is 0 Å². The molecule has 0 fully saturated rings. The average Bonchev–Trinajstić information content (AvgIpc) is 2.60. The minimum absolute atomic E-state index is 0.266. The molecular weight excluding hydrogens is 320 g/mol. The minimum Gasteiger partial charge on any atom is -0.390 e. The highest BCUT2D eigenvalue weighted by atomic mass is 16.3. The zero-order valence-electron chi connectivity index (χ0n) is 16.6. The monoisotopic (exact) mass is 354 g/mol. The first-order valence-corrected chi connectivity index (χ1v) is 9.33. The van der Waals surface area contributed by atoms with E-state index in [9.17, 15) is 5.11 Å². The van der Waals surface area contributed by atoms with Crippen LogP contribution in [-0.2, 0) is 0 Å². The number of benzene rings is 2. The van der Waals surface area contributed by atoms with Gasteiger partial charge in [-0.2, -0.15) is 0 Å². The van der Waals surface area contributed by atoms with E-state index in [4.69, 9.17) is 5.73 Å². The smallest absolute Gasteiger partial charge is 0.0591 e. The summed E-state index contributed by atoms with van der Waals surface area (Å²) in [6.45, 7) is 7.67. The summed E-state index contributed by atoms with van der Waals surface area (Å²) in [5, 5.41) is 9.29. The summed E-state index contributed by atoms with van der Waals surface area (Å²) in [7, 11) is 0. The van der Waals surface area contributed by atoms with Crippen LogP contribution in [-0.4, -0.2) is 16.7 Å². The van der Waals surface area contributed by atoms with Crippen molar-refractivity contribution < 1.29 is 5.11 Å². The summed E-state index contributed by atoms with van der Waals surface area (Å²) in [4.78, 5) is 2.17. The molecule has 0 aliphatic rings. The normalized spacial score (nSPS) is 12.4. The van der Waals surface area contributed by atoms with Gasteiger partial charge in [-0.25, -0.2) is 0 Å². The Labute approximate surface area is 159 Å². The van der Waals surface area contributed by atoms with Crippen LogP contribution in [0.5, 0.6) is 0 Å². The summed E-state index contributed by atoms with van der Waals surface area (Å²) < 4.78 is 0. The first-order valence-electron chi connectivity index (χ1n) is 9.33. The highest BCUT2D eigenvalue weighted by molar-refractivity contribution is 5.65. The van der Waals surface area contributed by atoms with Crippen LogP contribution in [0.4, 0.5) is 11.4 Å². The molecular formula is C23H34N2O. The first kappa shape index (κ1) is 21.9. The highest BCUT2D eigenvalue weighted by Gasteiger charge is 2.11. The first-order chi connectivity index (χ1) is 12.3. The third kappa shape index (κ3) is 9.40. The maximum absolute atomic E-state index is 9.29. The van der Waals surface area contributed by atoms with Crippen molar-refractivity contribution >= 4 is 11.4 Å². The van der Waals surface area contributed by atoms with E-state index in [1.54, 1.807) is 0 Å². The second kappa shape index (κ2) is 11.5. The quantitative estimate of drug-likeness (QED) is 0.677. The van der Waals surface area contributed by atoms with Crippen LogP contribution in [0.25, 0.3) is 0 Å². The minimum atomic E-state index is -0.519. The predicted octanol–water partition coefficient (Wildman–Crippen LogP) is 5.63. The molecule has 0 amide bonds. The molecule has 0 bridgehead atoms. The Morgan fingerprint density at radius 1 is 1.00 bits per heavy atom. The fraction of sp³-hybridized carbons (Fsp3) is 0.391. The molecule has 1 atom stereocenters. The standard InChI is InChI=1S/C15H15N.C8H19NO/c1-2-13-16(14-9-5-3-6-10-14)15-11-7-4-8-12-15;1-7(9)5-4-6-8(2,3)10/h2-13H,1H3;7,10H,4-6,9H2,1-3H3/b13-2+;. The van der Waals surface area contributed by atoms with Crippen molar-refractivity contribution in [3.63, 3.8) is 0 Å². The summed E-state index contributed by atoms with van der Waals surface area (Å²) in [5.74, 6) is 0. The van der Waals surface area contributed by atoms with Gasteiger partial charge in [0.15, 0.2) is 0 Å². The Morgan fingerprint density at radius 3 is 1.81 bits per heavy atom. The van der Waals surface area contributed by atoms with Crippen molar-refractivity contribution in [1.82, 2.24) is 0 Å². The molecule has 26 heavy (non-hydrogen) atoms. The van der Waals surface area contributed by atoms with E-state index in [1.807, 2.05) is 45.9 Å². The zero-order chi connectivity index (χ0) is 19.4. The molecule has 0 saturated carbocycles. The van der Waals surface area contributed by atoms with Gasteiger partial charge < -0.3 is 15.7 Å². The lowest BCUT2D eigenvalue weighted by atomic mass is 10.0. The summed E-state index contributed by atoms with van der Waals surface area (Å²) >= 11 is 0. The van der Waals surface area contributed by atoms with E-state index < -0.39 is 5.60 Å². The number of hydrogen-bond acceptors (Lipinski definition) is 3. The Bertz CT molecular complexity index is 576. The van der Waals surface area contributed by atoms with Crippen molar-refractivity contribution in [2.24, 2.45) is 5.73 Å². The van der Waals surface area contributed by atoms with Crippen LogP contribution < -0.4 is 10.6 Å². The maximum Gasteiger partial charge on any atom is 0.0591 e. The molecule has 2 aromatic rings. The van der Waals surface area contributed by atoms with Crippen LogP contribution in [0.15, 0.2) is 72.9 Å². The topological polar surface area (TPSA) is 49.5 Å². The summed E-state index contributed by atoms with van der Waals surface area (Å²) in [6.07, 6.45) is 6.98. The highest BCUT2D eigenvalue weighted by Crippen LogP contribution is 2.24. The van der Waals surface area contributed by atoms with E-state index in [0.717, 1.165) is 19.3 Å². The van der Waals surface area contributed by atoms with E-state index in [1.165, 1.54) is 11.4 Å². The van der Waals surface area contributed by atoms with E-state index in [2.05, 4.69) is 59.6 Å². The maximum atomic E-state index is 9.29. The van der Waals surface area contributed by atoms with Crippen molar-refractivity contribution in [3.05, 3.63) is 72.9 Å². The fourth-order valence-corrected chi connectivity index (χ4v) is 2.50. The van der Waals surface area contributed by atoms with Crippen molar-refractivity contribution in [1.29, 1.82) is 0 Å². The van der Waals surface area contributed by atoms with Gasteiger partial charge in [0.25, 0.3) is 0 Å². The van der Waals surface area contributed by atoms with Crippen LogP contribution in [0.3, 0.4) is 0 Å². The van der Waals surface area contributed by atoms with Gasteiger partial charge >= 0.3 is 0 Å². The van der Waals surface area contributed by atoms with Gasteiger partial charge in [0.2, 0.25) is 0 Å². The van der Waals surface area contributed by atoms with Crippen LogP contribution in [0.2, 0.25) is 0 Å². The van der Waals surface area contributed by atoms with Gasteiger partial charge in [-0.1, -0.05) is 42.5 Å². The number of nitrogens with zero attached hydrogens (tertiary/aromatic N) is 1. The molecule has 0 radical (unpaired) electrons. The predicted molar refractivity (Wildman–Crippen MR) is 114 cm³/mol. The number of aliphatic hydroxyl groups is 1. The molecule has 3 heteroatoms. The van der Waals surface area contributed by atoms with Crippen molar-refractivity contribution in [3.8, 4) is 0 Å². The van der Waals surface area contributed by atoms with Gasteiger partial charge in [-0.05, 0) is 71.2 Å². The fourth-order valence-electron chi connectivity index (χ4n) is 2.50. The van der Waals surface area contributed by atoms with E-state index in [-0.39, 0.29) is 6.04 Å². The molecule has 2 rings (SSSR count). The number of allylic oxidation sites excluding steroid dienone is 1. The molecule has 3 nitrogen and oxygen atoms in total. The van der Waals surface area contributed by atoms with E-state index in [0.29, 0.717) is 0 Å². The summed E-state index contributed by atoms with van der Waals surface area (Å²) in [6, 6.07) is 20.9. The molecule has 0 aliphatic heterocycles. The third-order valence-electron chi connectivity index (χ3n) is 3.81. The lowest BCUT2D eigenvalue weighted by molar-refractivity contribution is 0.0678. The number of hydrogen-bond donors (Lipinski definition) is 2. The van der Waals surface area contributed by atoms with Gasteiger partial charge in [-0.3, -0.25) is 0 Å². The Morgan fingerprint density at radius 2 is 1.46 bits per heavy atom. The molecule has 2 aromatic carbocycles. The molecule has 3 N–H and O–H groups in total. The third-order valence-corrected chi connectivity index (χ3v) is 3.81. The second-order valence-electron chi connectivity index (χ2n) is 7.21. The number of nitrogens with two attached hydrogens (primary N) is 1. The number of para-hydroxylation sites is 2. The van der Waals surface area contributed by atoms with Gasteiger partial charge in [-0.15, -0.1) is 0 Å². The van der Waals surface area contributed by atoms with Crippen molar-refractivity contribution in [2.45, 2.75) is 58.6 Å². The Balaban J connectivity index is 0.000000294. The molecule has 0 heterocycles. The summed E-state index contributed by atoms with van der Waals surface area (Å²) in [5.41, 5.74) is 7.37. The molecule has 0 saturated heterocycles. The number of rotatable bonds is 7. The lowest BCUT2D eigenvalue weighted by Gasteiger charge is -2.20. The number of anilines is 2. The largest absolute Gasteiger partial charge is 0.390 e. The molecule has 0 spiro atoms. The molecule has 0 aliphatic carbocycles. The van der Waals surface area contributed by atoms with Gasteiger partial charge in [0.05, 0.1) is 5.60 Å². The zero-order valence-corrected chi connectivity index (χ0v) is 16.6. The molecule has 1 unspecified atom stereocenters.